The van der Waals surface area contributed by atoms with Gasteiger partial charge in [0.1, 0.15) is 11.9 Å². The third kappa shape index (κ3) is 3.07. The monoisotopic (exact) mass is 280 g/mol. The molecule has 1 unspecified atom stereocenters. The zero-order valence-corrected chi connectivity index (χ0v) is 11.2. The number of carbonyl (C=O) groups is 2. The Balaban J connectivity index is 2.09. The number of benzene rings is 1. The molecule has 1 aromatic rings. The Hall–Kier alpha value is -2.11. The zero-order valence-electron chi connectivity index (χ0n) is 11.2. The fourth-order valence-electron chi connectivity index (χ4n) is 2.35. The third-order valence-corrected chi connectivity index (χ3v) is 3.46. The maximum Gasteiger partial charge on any atom is 0.326 e. The molecule has 1 fully saturated rings. The quantitative estimate of drug-likeness (QED) is 0.874. The highest BCUT2D eigenvalue weighted by atomic mass is 19.1. The van der Waals surface area contributed by atoms with Crippen molar-refractivity contribution in [3.63, 3.8) is 0 Å². The lowest BCUT2D eigenvalue weighted by Crippen LogP contribution is -2.49. The van der Waals surface area contributed by atoms with Gasteiger partial charge in [0.25, 0.3) is 0 Å². The summed E-state index contributed by atoms with van der Waals surface area (Å²) in [5.41, 5.74) is 0.889. The number of aliphatic carboxylic acids is 1. The van der Waals surface area contributed by atoms with Crippen molar-refractivity contribution in [3.05, 3.63) is 29.6 Å². The minimum atomic E-state index is -0.991. The van der Waals surface area contributed by atoms with Gasteiger partial charge in [-0.05, 0) is 49.9 Å². The van der Waals surface area contributed by atoms with Crippen molar-refractivity contribution in [2.45, 2.75) is 32.2 Å². The van der Waals surface area contributed by atoms with Crippen LogP contribution in [0, 0.1) is 12.7 Å². The number of amides is 2. The van der Waals surface area contributed by atoms with Gasteiger partial charge in [0, 0.05) is 12.2 Å². The van der Waals surface area contributed by atoms with Crippen molar-refractivity contribution in [1.29, 1.82) is 0 Å². The lowest BCUT2D eigenvalue weighted by molar-refractivity contribution is -0.143. The fraction of sp³-hybridized carbons (Fsp3) is 0.429. The van der Waals surface area contributed by atoms with Crippen LogP contribution in [0.2, 0.25) is 0 Å². The lowest BCUT2D eigenvalue weighted by Gasteiger charge is -2.32. The number of hydrogen-bond acceptors (Lipinski definition) is 2. The molecule has 20 heavy (non-hydrogen) atoms. The molecule has 1 saturated heterocycles. The summed E-state index contributed by atoms with van der Waals surface area (Å²) in [4.78, 5) is 24.6. The van der Waals surface area contributed by atoms with E-state index in [0.29, 0.717) is 24.2 Å². The molecule has 108 valence electrons. The van der Waals surface area contributed by atoms with Gasteiger partial charge < -0.3 is 15.3 Å². The van der Waals surface area contributed by atoms with Gasteiger partial charge in [-0.1, -0.05) is 0 Å². The van der Waals surface area contributed by atoms with Crippen molar-refractivity contribution in [2.75, 3.05) is 11.9 Å². The van der Waals surface area contributed by atoms with E-state index < -0.39 is 18.0 Å². The van der Waals surface area contributed by atoms with Crippen LogP contribution in [-0.4, -0.2) is 34.6 Å². The Morgan fingerprint density at radius 2 is 2.15 bits per heavy atom. The number of hydrogen-bond donors (Lipinski definition) is 2. The predicted octanol–water partition coefficient (Wildman–Crippen LogP) is 2.61. The Labute approximate surface area is 116 Å². The average Bonchev–Trinajstić information content (AvgIpc) is 2.43. The molecule has 0 radical (unpaired) electrons. The summed E-state index contributed by atoms with van der Waals surface area (Å²) >= 11 is 0. The molecule has 0 aromatic heterocycles. The third-order valence-electron chi connectivity index (χ3n) is 3.46. The Morgan fingerprint density at radius 3 is 2.80 bits per heavy atom. The van der Waals surface area contributed by atoms with Crippen LogP contribution in [0.3, 0.4) is 0 Å². The van der Waals surface area contributed by atoms with Crippen molar-refractivity contribution in [1.82, 2.24) is 4.90 Å². The molecule has 0 bridgehead atoms. The van der Waals surface area contributed by atoms with Crippen molar-refractivity contribution in [2.24, 2.45) is 0 Å². The van der Waals surface area contributed by atoms with E-state index in [1.807, 2.05) is 0 Å². The SMILES string of the molecule is Cc1cc(NC(=O)N2CCCCC2C(=O)O)ccc1F. The molecule has 5 nitrogen and oxygen atoms in total. The summed E-state index contributed by atoms with van der Waals surface area (Å²) in [5, 5.41) is 11.8. The molecule has 0 saturated carbocycles. The number of carboxylic acid groups (broad SMARTS) is 1. The van der Waals surface area contributed by atoms with E-state index in [0.717, 1.165) is 12.8 Å². The second-order valence-corrected chi connectivity index (χ2v) is 4.94. The number of aryl methyl sites for hydroxylation is 1. The second kappa shape index (κ2) is 5.90. The van der Waals surface area contributed by atoms with Crippen molar-refractivity contribution >= 4 is 17.7 Å². The van der Waals surface area contributed by atoms with E-state index in [9.17, 15) is 14.0 Å². The highest BCUT2D eigenvalue weighted by molar-refractivity contribution is 5.92. The summed E-state index contributed by atoms with van der Waals surface area (Å²) in [6.07, 6.45) is 2.06. The van der Waals surface area contributed by atoms with Crippen LogP contribution in [0.25, 0.3) is 0 Å². The molecular formula is C14H17FN2O3. The van der Waals surface area contributed by atoms with Crippen molar-refractivity contribution in [3.8, 4) is 0 Å². The molecular weight excluding hydrogens is 263 g/mol. The summed E-state index contributed by atoms with van der Waals surface area (Å²) in [6, 6.07) is 3.01. The fourth-order valence-corrected chi connectivity index (χ4v) is 2.35. The number of piperidine rings is 1. The van der Waals surface area contributed by atoms with Crippen LogP contribution in [0.15, 0.2) is 18.2 Å². The molecule has 2 N–H and O–H groups in total. The highest BCUT2D eigenvalue weighted by Gasteiger charge is 2.31. The number of carbonyl (C=O) groups excluding carboxylic acids is 1. The zero-order chi connectivity index (χ0) is 14.7. The van der Waals surface area contributed by atoms with E-state index in [2.05, 4.69) is 5.32 Å². The minimum absolute atomic E-state index is 0.343. The molecule has 2 amide bonds. The molecule has 0 aliphatic carbocycles. The number of anilines is 1. The Kier molecular flexibility index (Phi) is 4.22. The van der Waals surface area contributed by atoms with Crippen LogP contribution >= 0.6 is 0 Å². The molecule has 1 aliphatic rings. The maximum atomic E-state index is 13.2. The van der Waals surface area contributed by atoms with Crippen LogP contribution in [0.1, 0.15) is 24.8 Å². The van der Waals surface area contributed by atoms with Gasteiger partial charge in [-0.25, -0.2) is 14.0 Å². The number of urea groups is 1. The lowest BCUT2D eigenvalue weighted by atomic mass is 10.0. The highest BCUT2D eigenvalue weighted by Crippen LogP contribution is 2.20. The smallest absolute Gasteiger partial charge is 0.326 e. The summed E-state index contributed by atoms with van der Waals surface area (Å²) in [6.45, 7) is 2.02. The standard InChI is InChI=1S/C14H17FN2O3/c1-9-8-10(5-6-11(9)15)16-14(20)17-7-3-2-4-12(17)13(18)19/h5-6,8,12H,2-4,7H2,1H3,(H,16,20)(H,18,19). The molecule has 2 rings (SSSR count). The first kappa shape index (κ1) is 14.3. The molecule has 1 atom stereocenters. The Morgan fingerprint density at radius 1 is 1.40 bits per heavy atom. The van der Waals surface area contributed by atoms with Gasteiger partial charge in [0.2, 0.25) is 0 Å². The van der Waals surface area contributed by atoms with Gasteiger partial charge in [-0.3, -0.25) is 0 Å². The minimum Gasteiger partial charge on any atom is -0.480 e. The largest absolute Gasteiger partial charge is 0.480 e. The number of halogens is 1. The molecule has 1 aromatic carbocycles. The van der Waals surface area contributed by atoms with E-state index >= 15 is 0 Å². The number of likely N-dealkylation sites (tertiary alicyclic amines) is 1. The first-order chi connectivity index (χ1) is 9.49. The summed E-state index contributed by atoms with van der Waals surface area (Å²) in [5.74, 6) is -1.33. The van der Waals surface area contributed by atoms with Gasteiger partial charge in [0.15, 0.2) is 0 Å². The topological polar surface area (TPSA) is 69.6 Å². The maximum absolute atomic E-state index is 13.2. The van der Waals surface area contributed by atoms with Gasteiger partial charge in [-0.2, -0.15) is 0 Å². The molecule has 1 aliphatic heterocycles. The van der Waals surface area contributed by atoms with Gasteiger partial charge in [-0.15, -0.1) is 0 Å². The number of rotatable bonds is 2. The summed E-state index contributed by atoms with van der Waals surface area (Å²) in [7, 11) is 0. The number of carboxylic acids is 1. The average molecular weight is 280 g/mol. The van der Waals surface area contributed by atoms with Crippen LogP contribution in [0.5, 0.6) is 0 Å². The van der Waals surface area contributed by atoms with Crippen molar-refractivity contribution < 1.29 is 19.1 Å². The van der Waals surface area contributed by atoms with Gasteiger partial charge in [0.05, 0.1) is 0 Å². The first-order valence-corrected chi connectivity index (χ1v) is 6.55. The first-order valence-electron chi connectivity index (χ1n) is 6.55. The van der Waals surface area contributed by atoms with E-state index in [-0.39, 0.29) is 5.82 Å². The number of nitrogens with one attached hydrogen (secondary N) is 1. The Bertz CT molecular complexity index is 533. The van der Waals surface area contributed by atoms with E-state index in [4.69, 9.17) is 5.11 Å². The van der Waals surface area contributed by atoms with Crippen LogP contribution < -0.4 is 5.32 Å². The normalized spacial score (nSPS) is 18.7. The van der Waals surface area contributed by atoms with Crippen LogP contribution in [0.4, 0.5) is 14.9 Å². The van der Waals surface area contributed by atoms with Crippen LogP contribution in [-0.2, 0) is 4.79 Å². The molecule has 1 heterocycles. The van der Waals surface area contributed by atoms with E-state index in [1.165, 1.54) is 23.1 Å². The number of nitrogens with zero attached hydrogens (tertiary/aromatic N) is 1. The van der Waals surface area contributed by atoms with Gasteiger partial charge >= 0.3 is 12.0 Å². The molecule has 6 heteroatoms. The van der Waals surface area contributed by atoms with E-state index in [1.54, 1.807) is 6.92 Å². The summed E-state index contributed by atoms with van der Waals surface area (Å²) < 4.78 is 13.2. The predicted molar refractivity (Wildman–Crippen MR) is 72.1 cm³/mol. The molecule has 0 spiro atoms. The second-order valence-electron chi connectivity index (χ2n) is 4.94.